The van der Waals surface area contributed by atoms with Gasteiger partial charge in [0.2, 0.25) is 0 Å². The summed E-state index contributed by atoms with van der Waals surface area (Å²) in [6.07, 6.45) is 0.903. The standard InChI is InChI=1S/C12H22N4/c1-9(2)10-5-6-11(16-15-10)14-12(3,4)7-8-13/h5-6,9H,7-8,13H2,1-4H3,(H,14,16). The summed E-state index contributed by atoms with van der Waals surface area (Å²) in [4.78, 5) is 0. The summed E-state index contributed by atoms with van der Waals surface area (Å²) in [5, 5.41) is 11.7. The third-order valence-corrected chi connectivity index (χ3v) is 2.51. The highest BCUT2D eigenvalue weighted by Gasteiger charge is 2.16. The van der Waals surface area contributed by atoms with Gasteiger partial charge in [-0.15, -0.1) is 5.10 Å². The molecule has 3 N–H and O–H groups in total. The van der Waals surface area contributed by atoms with E-state index in [2.05, 4.69) is 43.2 Å². The van der Waals surface area contributed by atoms with Crippen LogP contribution < -0.4 is 11.1 Å². The molecule has 0 aliphatic rings. The fourth-order valence-electron chi connectivity index (χ4n) is 1.49. The molecule has 0 saturated heterocycles. The van der Waals surface area contributed by atoms with E-state index in [1.807, 2.05) is 12.1 Å². The van der Waals surface area contributed by atoms with Crippen molar-refractivity contribution in [2.75, 3.05) is 11.9 Å². The second-order valence-corrected chi connectivity index (χ2v) is 5.05. The fraction of sp³-hybridized carbons (Fsp3) is 0.667. The average Bonchev–Trinajstić information content (AvgIpc) is 2.17. The van der Waals surface area contributed by atoms with Crippen molar-refractivity contribution in [1.82, 2.24) is 10.2 Å². The number of nitrogens with two attached hydrogens (primary N) is 1. The lowest BCUT2D eigenvalue weighted by molar-refractivity contribution is 0.523. The van der Waals surface area contributed by atoms with Crippen LogP contribution in [0.2, 0.25) is 0 Å². The molecule has 90 valence electrons. The number of nitrogens with one attached hydrogen (secondary N) is 1. The van der Waals surface area contributed by atoms with Crippen molar-refractivity contribution < 1.29 is 0 Å². The van der Waals surface area contributed by atoms with Crippen LogP contribution in [0.3, 0.4) is 0 Å². The van der Waals surface area contributed by atoms with Crippen LogP contribution in [0.5, 0.6) is 0 Å². The lowest BCUT2D eigenvalue weighted by Gasteiger charge is -2.26. The molecule has 1 aromatic rings. The molecule has 0 aromatic carbocycles. The number of hydrogen-bond donors (Lipinski definition) is 2. The number of nitrogens with zero attached hydrogens (tertiary/aromatic N) is 2. The molecule has 4 heteroatoms. The number of aromatic nitrogens is 2. The van der Waals surface area contributed by atoms with Crippen LogP contribution in [0.1, 0.15) is 45.7 Å². The van der Waals surface area contributed by atoms with Crippen molar-refractivity contribution in [3.63, 3.8) is 0 Å². The SMILES string of the molecule is CC(C)c1ccc(NC(C)(C)CCN)nn1. The summed E-state index contributed by atoms with van der Waals surface area (Å²) < 4.78 is 0. The zero-order chi connectivity index (χ0) is 12.2. The van der Waals surface area contributed by atoms with Gasteiger partial charge in [0.15, 0.2) is 0 Å². The smallest absolute Gasteiger partial charge is 0.149 e. The van der Waals surface area contributed by atoms with E-state index >= 15 is 0 Å². The summed E-state index contributed by atoms with van der Waals surface area (Å²) in [5.74, 6) is 1.22. The highest BCUT2D eigenvalue weighted by Crippen LogP contribution is 2.16. The van der Waals surface area contributed by atoms with Crippen LogP contribution in [0.15, 0.2) is 12.1 Å². The minimum Gasteiger partial charge on any atom is -0.364 e. The molecule has 1 rings (SSSR count). The van der Waals surface area contributed by atoms with E-state index in [-0.39, 0.29) is 5.54 Å². The molecule has 1 aromatic heterocycles. The lowest BCUT2D eigenvalue weighted by Crippen LogP contribution is -2.33. The monoisotopic (exact) mass is 222 g/mol. The first kappa shape index (κ1) is 12.9. The summed E-state index contributed by atoms with van der Waals surface area (Å²) >= 11 is 0. The Labute approximate surface area is 97.6 Å². The van der Waals surface area contributed by atoms with Crippen molar-refractivity contribution in [3.8, 4) is 0 Å². The van der Waals surface area contributed by atoms with Gasteiger partial charge < -0.3 is 11.1 Å². The third-order valence-electron chi connectivity index (χ3n) is 2.51. The van der Waals surface area contributed by atoms with Gasteiger partial charge in [-0.25, -0.2) is 0 Å². The van der Waals surface area contributed by atoms with E-state index in [0.717, 1.165) is 17.9 Å². The Morgan fingerprint density at radius 2 is 2.00 bits per heavy atom. The van der Waals surface area contributed by atoms with E-state index < -0.39 is 0 Å². The van der Waals surface area contributed by atoms with Crippen LogP contribution in [-0.4, -0.2) is 22.3 Å². The first-order valence-electron chi connectivity index (χ1n) is 5.76. The number of anilines is 1. The molecule has 0 aliphatic carbocycles. The van der Waals surface area contributed by atoms with Gasteiger partial charge in [-0.2, -0.15) is 5.10 Å². The van der Waals surface area contributed by atoms with Gasteiger partial charge >= 0.3 is 0 Å². The van der Waals surface area contributed by atoms with Gasteiger partial charge in [-0.1, -0.05) is 13.8 Å². The first-order valence-corrected chi connectivity index (χ1v) is 5.76. The highest BCUT2D eigenvalue weighted by molar-refractivity contribution is 5.36. The van der Waals surface area contributed by atoms with E-state index in [1.165, 1.54) is 0 Å². The zero-order valence-electron chi connectivity index (χ0n) is 10.6. The van der Waals surface area contributed by atoms with Gasteiger partial charge in [0.1, 0.15) is 5.82 Å². The maximum Gasteiger partial charge on any atom is 0.149 e. The molecule has 1 heterocycles. The quantitative estimate of drug-likeness (QED) is 0.801. The Hall–Kier alpha value is -1.16. The summed E-state index contributed by atoms with van der Waals surface area (Å²) in [7, 11) is 0. The average molecular weight is 222 g/mol. The summed E-state index contributed by atoms with van der Waals surface area (Å²) in [6, 6.07) is 3.99. The zero-order valence-corrected chi connectivity index (χ0v) is 10.6. The molecule has 0 amide bonds. The molecule has 0 saturated carbocycles. The van der Waals surface area contributed by atoms with Crippen LogP contribution in [0, 0.1) is 0 Å². The Morgan fingerprint density at radius 1 is 1.31 bits per heavy atom. The Morgan fingerprint density at radius 3 is 2.44 bits per heavy atom. The molecule has 16 heavy (non-hydrogen) atoms. The summed E-state index contributed by atoms with van der Waals surface area (Å²) in [5.41, 5.74) is 6.53. The van der Waals surface area contributed by atoms with Crippen LogP contribution >= 0.6 is 0 Å². The second-order valence-electron chi connectivity index (χ2n) is 5.05. The molecule has 0 atom stereocenters. The van der Waals surface area contributed by atoms with Crippen molar-refractivity contribution in [3.05, 3.63) is 17.8 Å². The Balaban J connectivity index is 2.68. The maximum absolute atomic E-state index is 5.56. The largest absolute Gasteiger partial charge is 0.364 e. The highest BCUT2D eigenvalue weighted by atomic mass is 15.2. The van der Waals surface area contributed by atoms with E-state index in [0.29, 0.717) is 12.5 Å². The lowest BCUT2D eigenvalue weighted by atomic mass is 10.0. The van der Waals surface area contributed by atoms with Gasteiger partial charge in [-0.3, -0.25) is 0 Å². The minimum atomic E-state index is -0.0389. The van der Waals surface area contributed by atoms with Crippen molar-refractivity contribution in [2.24, 2.45) is 5.73 Å². The van der Waals surface area contributed by atoms with Crippen LogP contribution in [0.25, 0.3) is 0 Å². The van der Waals surface area contributed by atoms with Gasteiger partial charge in [-0.05, 0) is 44.9 Å². The van der Waals surface area contributed by atoms with E-state index in [1.54, 1.807) is 0 Å². The molecule has 0 spiro atoms. The van der Waals surface area contributed by atoms with Crippen LogP contribution in [0.4, 0.5) is 5.82 Å². The maximum atomic E-state index is 5.56. The van der Waals surface area contributed by atoms with Crippen molar-refractivity contribution in [1.29, 1.82) is 0 Å². The molecule has 0 fully saturated rings. The van der Waals surface area contributed by atoms with E-state index in [9.17, 15) is 0 Å². The molecule has 4 nitrogen and oxygen atoms in total. The molecule has 0 radical (unpaired) electrons. The van der Waals surface area contributed by atoms with E-state index in [4.69, 9.17) is 5.73 Å². The fourth-order valence-corrected chi connectivity index (χ4v) is 1.49. The van der Waals surface area contributed by atoms with Crippen molar-refractivity contribution >= 4 is 5.82 Å². The third kappa shape index (κ3) is 3.77. The van der Waals surface area contributed by atoms with Gasteiger partial charge in [0, 0.05) is 5.54 Å². The molecule has 0 bridgehead atoms. The number of hydrogen-bond acceptors (Lipinski definition) is 4. The molecular formula is C12H22N4. The topological polar surface area (TPSA) is 63.8 Å². The molecule has 0 unspecified atom stereocenters. The normalized spacial score (nSPS) is 11.9. The Kier molecular flexibility index (Phi) is 4.24. The minimum absolute atomic E-state index is 0.0389. The molecule has 0 aliphatic heterocycles. The predicted molar refractivity (Wildman–Crippen MR) is 67.5 cm³/mol. The molecular weight excluding hydrogens is 200 g/mol. The van der Waals surface area contributed by atoms with Crippen LogP contribution in [-0.2, 0) is 0 Å². The second kappa shape index (κ2) is 5.25. The predicted octanol–water partition coefficient (Wildman–Crippen LogP) is 2.14. The number of rotatable bonds is 5. The van der Waals surface area contributed by atoms with Crippen molar-refractivity contribution in [2.45, 2.75) is 45.6 Å². The van der Waals surface area contributed by atoms with Gasteiger partial charge in [0.25, 0.3) is 0 Å². The first-order chi connectivity index (χ1) is 7.44. The van der Waals surface area contributed by atoms with Gasteiger partial charge in [0.05, 0.1) is 5.69 Å². The Bertz CT molecular complexity index is 316. The summed E-state index contributed by atoms with van der Waals surface area (Å²) in [6.45, 7) is 9.10.